The van der Waals surface area contributed by atoms with E-state index in [9.17, 15) is 9.59 Å². The zero-order valence-electron chi connectivity index (χ0n) is 10.4. The van der Waals surface area contributed by atoms with Crippen molar-refractivity contribution in [3.63, 3.8) is 0 Å². The maximum atomic E-state index is 11.8. The molecule has 1 atom stereocenters. The molecular weight excluding hydrogens is 230 g/mol. The van der Waals surface area contributed by atoms with Crippen molar-refractivity contribution in [2.24, 2.45) is 5.92 Å². The zero-order valence-corrected chi connectivity index (χ0v) is 10.4. The quantitative estimate of drug-likeness (QED) is 0.886. The third kappa shape index (κ3) is 2.70. The van der Waals surface area contributed by atoms with Gasteiger partial charge in [0.1, 0.15) is 0 Å². The third-order valence-corrected chi connectivity index (χ3v) is 3.47. The van der Waals surface area contributed by atoms with Gasteiger partial charge in [-0.1, -0.05) is 24.3 Å². The Hall–Kier alpha value is -1.84. The van der Waals surface area contributed by atoms with Gasteiger partial charge in [0.2, 0.25) is 5.91 Å². The van der Waals surface area contributed by atoms with Gasteiger partial charge in [0.25, 0.3) is 0 Å². The molecule has 18 heavy (non-hydrogen) atoms. The molecule has 1 fully saturated rings. The Morgan fingerprint density at radius 1 is 1.44 bits per heavy atom. The standard InChI is InChI=1S/C14H17NO3/c1-10-4-2-3-5-11(10)8-15-9-12(14(17)18)6-7-13(15)16/h2-5,12H,6-9H2,1H3,(H,17,18). The number of aryl methyl sites for hydroxylation is 1. The average molecular weight is 247 g/mol. The maximum Gasteiger partial charge on any atom is 0.308 e. The number of carboxylic acid groups (broad SMARTS) is 1. The van der Waals surface area contributed by atoms with Crippen LogP contribution in [0.3, 0.4) is 0 Å². The second kappa shape index (κ2) is 5.21. The molecule has 0 bridgehead atoms. The Bertz CT molecular complexity index is 470. The number of nitrogens with zero attached hydrogens (tertiary/aromatic N) is 1. The van der Waals surface area contributed by atoms with Crippen LogP contribution in [0.5, 0.6) is 0 Å². The number of hydrogen-bond acceptors (Lipinski definition) is 2. The number of carbonyl (C=O) groups excluding carboxylic acids is 1. The van der Waals surface area contributed by atoms with E-state index < -0.39 is 11.9 Å². The molecule has 1 aliphatic rings. The van der Waals surface area contributed by atoms with Crippen LogP contribution in [0.1, 0.15) is 24.0 Å². The van der Waals surface area contributed by atoms with Crippen LogP contribution in [-0.4, -0.2) is 28.4 Å². The monoisotopic (exact) mass is 247 g/mol. The largest absolute Gasteiger partial charge is 0.481 e. The molecule has 1 aliphatic heterocycles. The molecule has 1 aromatic carbocycles. The fourth-order valence-corrected chi connectivity index (χ4v) is 2.26. The van der Waals surface area contributed by atoms with Crippen LogP contribution in [0, 0.1) is 12.8 Å². The van der Waals surface area contributed by atoms with E-state index >= 15 is 0 Å². The van der Waals surface area contributed by atoms with Crippen molar-refractivity contribution in [2.45, 2.75) is 26.3 Å². The fraction of sp³-hybridized carbons (Fsp3) is 0.429. The lowest BCUT2D eigenvalue weighted by Gasteiger charge is -2.31. The van der Waals surface area contributed by atoms with Gasteiger partial charge in [-0.25, -0.2) is 0 Å². The maximum absolute atomic E-state index is 11.8. The molecule has 4 nitrogen and oxygen atoms in total. The molecule has 1 N–H and O–H groups in total. The van der Waals surface area contributed by atoms with Crippen LogP contribution < -0.4 is 0 Å². The molecule has 2 rings (SSSR count). The Morgan fingerprint density at radius 3 is 2.83 bits per heavy atom. The van der Waals surface area contributed by atoms with Gasteiger partial charge in [-0.15, -0.1) is 0 Å². The summed E-state index contributed by atoms with van der Waals surface area (Å²) in [5.74, 6) is -1.18. The number of piperidine rings is 1. The smallest absolute Gasteiger partial charge is 0.308 e. The molecule has 96 valence electrons. The first-order chi connectivity index (χ1) is 8.58. The van der Waals surface area contributed by atoms with Gasteiger partial charge in [0, 0.05) is 19.5 Å². The molecule has 1 saturated heterocycles. The van der Waals surface area contributed by atoms with Crippen LogP contribution in [0.4, 0.5) is 0 Å². The van der Waals surface area contributed by atoms with Gasteiger partial charge in [-0.2, -0.15) is 0 Å². The number of amides is 1. The predicted molar refractivity (Wildman–Crippen MR) is 67.0 cm³/mol. The molecule has 4 heteroatoms. The Labute approximate surface area is 106 Å². The second-order valence-electron chi connectivity index (χ2n) is 4.77. The summed E-state index contributed by atoms with van der Waals surface area (Å²) < 4.78 is 0. The van der Waals surface area contributed by atoms with Crippen LogP contribution >= 0.6 is 0 Å². The minimum atomic E-state index is -0.808. The Balaban J connectivity index is 2.10. The van der Waals surface area contributed by atoms with Crippen molar-refractivity contribution >= 4 is 11.9 Å². The summed E-state index contributed by atoms with van der Waals surface area (Å²) in [5, 5.41) is 9.02. The van der Waals surface area contributed by atoms with Crippen molar-refractivity contribution in [3.05, 3.63) is 35.4 Å². The van der Waals surface area contributed by atoms with Crippen molar-refractivity contribution in [2.75, 3.05) is 6.54 Å². The van der Waals surface area contributed by atoms with E-state index in [1.807, 2.05) is 31.2 Å². The van der Waals surface area contributed by atoms with Crippen molar-refractivity contribution in [3.8, 4) is 0 Å². The first kappa shape index (κ1) is 12.6. The van der Waals surface area contributed by atoms with E-state index in [2.05, 4.69) is 0 Å². The highest BCUT2D eigenvalue weighted by molar-refractivity contribution is 5.80. The molecule has 1 amide bonds. The first-order valence-corrected chi connectivity index (χ1v) is 6.13. The minimum absolute atomic E-state index is 0.0516. The molecule has 0 radical (unpaired) electrons. The molecule has 0 aliphatic carbocycles. The van der Waals surface area contributed by atoms with Gasteiger partial charge in [0.05, 0.1) is 5.92 Å². The van der Waals surface area contributed by atoms with E-state index in [1.165, 1.54) is 0 Å². The molecule has 1 aromatic rings. The summed E-state index contributed by atoms with van der Waals surface area (Å²) >= 11 is 0. The number of aliphatic carboxylic acids is 1. The van der Waals surface area contributed by atoms with Crippen LogP contribution in [0.15, 0.2) is 24.3 Å². The van der Waals surface area contributed by atoms with Gasteiger partial charge in [-0.05, 0) is 24.5 Å². The lowest BCUT2D eigenvalue weighted by atomic mass is 9.97. The molecule has 0 spiro atoms. The Morgan fingerprint density at radius 2 is 2.17 bits per heavy atom. The van der Waals surface area contributed by atoms with E-state index in [0.717, 1.165) is 11.1 Å². The van der Waals surface area contributed by atoms with Gasteiger partial charge in [-0.3, -0.25) is 9.59 Å². The number of carboxylic acids is 1. The van der Waals surface area contributed by atoms with E-state index in [-0.39, 0.29) is 5.91 Å². The zero-order chi connectivity index (χ0) is 13.1. The average Bonchev–Trinajstić information content (AvgIpc) is 2.34. The summed E-state index contributed by atoms with van der Waals surface area (Å²) in [4.78, 5) is 24.5. The number of likely N-dealkylation sites (tertiary alicyclic amines) is 1. The first-order valence-electron chi connectivity index (χ1n) is 6.13. The van der Waals surface area contributed by atoms with Crippen LogP contribution in [0.2, 0.25) is 0 Å². The van der Waals surface area contributed by atoms with Gasteiger partial charge >= 0.3 is 5.97 Å². The molecule has 0 aromatic heterocycles. The van der Waals surface area contributed by atoms with E-state index in [0.29, 0.717) is 25.9 Å². The van der Waals surface area contributed by atoms with Crippen molar-refractivity contribution < 1.29 is 14.7 Å². The fourth-order valence-electron chi connectivity index (χ4n) is 2.26. The summed E-state index contributed by atoms with van der Waals surface area (Å²) in [6.45, 7) is 2.83. The number of hydrogen-bond donors (Lipinski definition) is 1. The van der Waals surface area contributed by atoms with Crippen LogP contribution in [0.25, 0.3) is 0 Å². The lowest BCUT2D eigenvalue weighted by Crippen LogP contribution is -2.42. The summed E-state index contributed by atoms with van der Waals surface area (Å²) in [7, 11) is 0. The highest BCUT2D eigenvalue weighted by Crippen LogP contribution is 2.20. The van der Waals surface area contributed by atoms with Gasteiger partial charge < -0.3 is 10.0 Å². The third-order valence-electron chi connectivity index (χ3n) is 3.47. The highest BCUT2D eigenvalue weighted by atomic mass is 16.4. The SMILES string of the molecule is Cc1ccccc1CN1CC(C(=O)O)CCC1=O. The number of carbonyl (C=O) groups is 2. The van der Waals surface area contributed by atoms with Gasteiger partial charge in [0.15, 0.2) is 0 Å². The Kier molecular flexibility index (Phi) is 3.65. The van der Waals surface area contributed by atoms with Crippen LogP contribution in [-0.2, 0) is 16.1 Å². The summed E-state index contributed by atoms with van der Waals surface area (Å²) in [5.41, 5.74) is 2.21. The minimum Gasteiger partial charge on any atom is -0.481 e. The molecule has 1 unspecified atom stereocenters. The second-order valence-corrected chi connectivity index (χ2v) is 4.77. The molecular formula is C14H17NO3. The van der Waals surface area contributed by atoms with E-state index in [4.69, 9.17) is 5.11 Å². The van der Waals surface area contributed by atoms with E-state index in [1.54, 1.807) is 4.90 Å². The number of rotatable bonds is 3. The number of benzene rings is 1. The normalized spacial score (nSPS) is 19.9. The lowest BCUT2D eigenvalue weighted by molar-refractivity contribution is -0.147. The molecule has 1 heterocycles. The predicted octanol–water partition coefficient (Wildman–Crippen LogP) is 1.82. The molecule has 0 saturated carbocycles. The summed E-state index contributed by atoms with van der Waals surface area (Å²) in [6.07, 6.45) is 0.793. The summed E-state index contributed by atoms with van der Waals surface area (Å²) in [6, 6.07) is 7.87. The van der Waals surface area contributed by atoms with Crippen molar-refractivity contribution in [1.29, 1.82) is 0 Å². The topological polar surface area (TPSA) is 57.6 Å². The highest BCUT2D eigenvalue weighted by Gasteiger charge is 2.29. The van der Waals surface area contributed by atoms with Crippen molar-refractivity contribution in [1.82, 2.24) is 4.90 Å².